The summed E-state index contributed by atoms with van der Waals surface area (Å²) in [6.07, 6.45) is 4.82. The van der Waals surface area contributed by atoms with E-state index in [1.165, 1.54) is 11.6 Å². The molecule has 0 saturated carbocycles. The third kappa shape index (κ3) is 5.91. The van der Waals surface area contributed by atoms with Crippen molar-refractivity contribution in [3.8, 4) is 0 Å². The average molecular weight is 566 g/mol. The molecule has 1 amide bonds. The Hall–Kier alpha value is -3.12. The minimum Gasteiger partial charge on any atom is -0.339 e. The number of carbonyl (C=O) groups excluding carboxylic acids is 1. The molecule has 1 N–H and O–H groups in total. The van der Waals surface area contributed by atoms with Crippen LogP contribution >= 0.6 is 23.2 Å². The molecule has 1 fully saturated rings. The normalized spacial score (nSPS) is 17.2. The molecule has 0 atom stereocenters. The summed E-state index contributed by atoms with van der Waals surface area (Å²) in [6, 6.07) is 20.3. The number of nitrogens with one attached hydrogen (secondary N) is 1. The number of piperidine rings is 1. The monoisotopic (exact) mass is 564 g/mol. The molecule has 7 heteroatoms. The van der Waals surface area contributed by atoms with Crippen LogP contribution < -0.4 is 5.48 Å². The number of benzene rings is 3. The van der Waals surface area contributed by atoms with E-state index >= 15 is 0 Å². The first-order valence-electron chi connectivity index (χ1n) is 13.0. The van der Waals surface area contributed by atoms with Crippen LogP contribution in [-0.2, 0) is 15.0 Å². The smallest absolute Gasteiger partial charge is 0.247 e. The molecular formula is C32H31Cl2FN2O2. The molecule has 1 spiro atoms. The van der Waals surface area contributed by atoms with Gasteiger partial charge in [-0.05, 0) is 58.0 Å². The first kappa shape index (κ1) is 27.4. The summed E-state index contributed by atoms with van der Waals surface area (Å²) in [5.41, 5.74) is 7.15. The quantitative estimate of drug-likeness (QED) is 0.328. The lowest BCUT2D eigenvalue weighted by Gasteiger charge is -2.36. The van der Waals surface area contributed by atoms with E-state index in [4.69, 9.17) is 28.0 Å². The molecule has 4 nitrogen and oxygen atoms in total. The van der Waals surface area contributed by atoms with Gasteiger partial charge in [-0.1, -0.05) is 86.4 Å². The summed E-state index contributed by atoms with van der Waals surface area (Å²) in [6.45, 7) is 7.53. The van der Waals surface area contributed by atoms with E-state index in [9.17, 15) is 9.18 Å². The Morgan fingerprint density at radius 3 is 2.28 bits per heavy atom. The van der Waals surface area contributed by atoms with Gasteiger partial charge in [0, 0.05) is 37.6 Å². The van der Waals surface area contributed by atoms with Gasteiger partial charge in [0.2, 0.25) is 5.91 Å². The Morgan fingerprint density at radius 2 is 1.64 bits per heavy atom. The van der Waals surface area contributed by atoms with Crippen LogP contribution in [0.3, 0.4) is 0 Å². The van der Waals surface area contributed by atoms with E-state index in [0.717, 1.165) is 16.7 Å². The highest BCUT2D eigenvalue weighted by molar-refractivity contribution is 6.42. The van der Waals surface area contributed by atoms with Gasteiger partial charge < -0.3 is 4.90 Å². The van der Waals surface area contributed by atoms with E-state index < -0.39 is 5.60 Å². The lowest BCUT2D eigenvalue weighted by Crippen LogP contribution is -2.46. The molecular weight excluding hydrogens is 534 g/mol. The van der Waals surface area contributed by atoms with Gasteiger partial charge in [0.05, 0.1) is 15.7 Å². The van der Waals surface area contributed by atoms with E-state index in [-0.39, 0.29) is 17.1 Å². The Labute approximate surface area is 239 Å². The number of amides is 1. The van der Waals surface area contributed by atoms with Gasteiger partial charge in [-0.15, -0.1) is 0 Å². The largest absolute Gasteiger partial charge is 0.339 e. The highest BCUT2D eigenvalue weighted by Crippen LogP contribution is 2.36. The van der Waals surface area contributed by atoms with Crippen molar-refractivity contribution in [1.82, 2.24) is 10.4 Å². The molecule has 39 heavy (non-hydrogen) atoms. The Balaban J connectivity index is 1.38. The van der Waals surface area contributed by atoms with Gasteiger partial charge in [0.1, 0.15) is 11.4 Å². The number of carbonyl (C=O) groups is 1. The first-order chi connectivity index (χ1) is 18.5. The predicted octanol–water partition coefficient (Wildman–Crippen LogP) is 7.80. The Kier molecular flexibility index (Phi) is 7.60. The molecule has 0 unspecified atom stereocenters. The highest BCUT2D eigenvalue weighted by Gasteiger charge is 2.40. The van der Waals surface area contributed by atoms with Gasteiger partial charge in [0.25, 0.3) is 0 Å². The van der Waals surface area contributed by atoms with Gasteiger partial charge in [-0.3, -0.25) is 15.1 Å². The van der Waals surface area contributed by atoms with Crippen molar-refractivity contribution in [3.63, 3.8) is 0 Å². The lowest BCUT2D eigenvalue weighted by atomic mass is 9.85. The maximum Gasteiger partial charge on any atom is 0.247 e. The third-order valence-corrected chi connectivity index (χ3v) is 8.16. The maximum absolute atomic E-state index is 14.3. The second kappa shape index (κ2) is 10.8. The number of rotatable bonds is 4. The summed E-state index contributed by atoms with van der Waals surface area (Å²) in [5.74, 6) is -0.393. The van der Waals surface area contributed by atoms with E-state index in [2.05, 4.69) is 38.4 Å². The zero-order chi connectivity index (χ0) is 27.8. The van der Waals surface area contributed by atoms with Gasteiger partial charge in [-0.2, -0.15) is 0 Å². The van der Waals surface area contributed by atoms with Crippen LogP contribution in [0.25, 0.3) is 11.3 Å². The van der Waals surface area contributed by atoms with Gasteiger partial charge in [0.15, 0.2) is 0 Å². The molecule has 0 bridgehead atoms. The van der Waals surface area contributed by atoms with Crippen molar-refractivity contribution in [2.75, 3.05) is 13.1 Å². The summed E-state index contributed by atoms with van der Waals surface area (Å²) in [5, 5.41) is 0.894. The molecule has 1 saturated heterocycles. The van der Waals surface area contributed by atoms with E-state index in [1.807, 2.05) is 29.2 Å². The molecule has 0 aliphatic carbocycles. The zero-order valence-electron chi connectivity index (χ0n) is 22.2. The number of hydrogen-bond donors (Lipinski definition) is 1. The zero-order valence-corrected chi connectivity index (χ0v) is 23.7. The fraction of sp³-hybridized carbons (Fsp3) is 0.281. The van der Waals surface area contributed by atoms with Crippen molar-refractivity contribution in [1.29, 1.82) is 0 Å². The second-order valence-electron chi connectivity index (χ2n) is 11.1. The molecule has 3 aromatic carbocycles. The fourth-order valence-corrected chi connectivity index (χ4v) is 5.30. The van der Waals surface area contributed by atoms with Crippen molar-refractivity contribution in [2.45, 2.75) is 44.6 Å². The Morgan fingerprint density at radius 1 is 0.974 bits per heavy atom. The standard InChI is InChI=1S/C32H31Cl2FN2O2/c1-31(2,3)23-11-8-21(9-12-23)25(22-10-13-26(33)27(34)18-22)19-30(38)37-16-14-32(15-17-37)20-29(36-39-32)24-6-4-5-7-28(24)35/h4-13,18-20,36H,14-17H2,1-3H3. The van der Waals surface area contributed by atoms with E-state index in [1.54, 1.807) is 36.4 Å². The van der Waals surface area contributed by atoms with Crippen LogP contribution in [0.1, 0.15) is 55.9 Å². The van der Waals surface area contributed by atoms with Crippen molar-refractivity contribution in [2.24, 2.45) is 0 Å². The minimum atomic E-state index is -0.576. The molecule has 5 rings (SSSR count). The minimum absolute atomic E-state index is 0.0172. The van der Waals surface area contributed by atoms with Crippen LogP contribution in [0.2, 0.25) is 10.0 Å². The first-order valence-corrected chi connectivity index (χ1v) is 13.8. The average Bonchev–Trinajstić information content (AvgIpc) is 3.32. The van der Waals surface area contributed by atoms with Crippen LogP contribution in [0, 0.1) is 5.82 Å². The molecule has 0 radical (unpaired) electrons. The Bertz CT molecular complexity index is 1450. The summed E-state index contributed by atoms with van der Waals surface area (Å²) < 4.78 is 14.3. The van der Waals surface area contributed by atoms with Crippen molar-refractivity contribution < 1.29 is 14.0 Å². The molecule has 3 aromatic rings. The van der Waals surface area contributed by atoms with Crippen LogP contribution in [0.4, 0.5) is 4.39 Å². The fourth-order valence-electron chi connectivity index (χ4n) is 5.00. The molecule has 2 heterocycles. The summed E-state index contributed by atoms with van der Waals surface area (Å²) in [4.78, 5) is 21.3. The number of hydroxylamine groups is 1. The van der Waals surface area contributed by atoms with Gasteiger partial charge in [-0.25, -0.2) is 4.39 Å². The van der Waals surface area contributed by atoms with Crippen LogP contribution in [0.15, 0.2) is 78.9 Å². The number of nitrogens with zero attached hydrogens (tertiary/aromatic N) is 1. The molecule has 2 aliphatic heterocycles. The van der Waals surface area contributed by atoms with Crippen LogP contribution in [0.5, 0.6) is 0 Å². The van der Waals surface area contributed by atoms with Crippen molar-refractivity contribution >= 4 is 40.4 Å². The topological polar surface area (TPSA) is 41.6 Å². The van der Waals surface area contributed by atoms with Crippen LogP contribution in [-0.4, -0.2) is 29.5 Å². The maximum atomic E-state index is 14.3. The molecule has 0 aromatic heterocycles. The van der Waals surface area contributed by atoms with Crippen molar-refractivity contribution in [3.05, 3.63) is 117 Å². The number of likely N-dealkylation sites (tertiary alicyclic amines) is 1. The molecule has 202 valence electrons. The number of hydrogen-bond acceptors (Lipinski definition) is 3. The second-order valence-corrected chi connectivity index (χ2v) is 12.0. The third-order valence-electron chi connectivity index (χ3n) is 7.42. The number of halogens is 3. The molecule has 2 aliphatic rings. The summed E-state index contributed by atoms with van der Waals surface area (Å²) in [7, 11) is 0. The summed E-state index contributed by atoms with van der Waals surface area (Å²) >= 11 is 12.5. The van der Waals surface area contributed by atoms with Gasteiger partial charge >= 0.3 is 0 Å². The van der Waals surface area contributed by atoms with E-state index in [0.29, 0.717) is 47.2 Å². The highest BCUT2D eigenvalue weighted by atomic mass is 35.5. The predicted molar refractivity (Wildman–Crippen MR) is 156 cm³/mol. The lowest BCUT2D eigenvalue weighted by molar-refractivity contribution is -0.131. The SMILES string of the molecule is CC(C)(C)c1ccc(C(=CC(=O)N2CCC3(C=C(c4ccccc4F)NO3)CC2)c2ccc(Cl)c(Cl)c2)cc1.